The van der Waals surface area contributed by atoms with E-state index in [-0.39, 0.29) is 18.4 Å². The van der Waals surface area contributed by atoms with Crippen molar-refractivity contribution in [1.29, 1.82) is 0 Å². The lowest BCUT2D eigenvalue weighted by molar-refractivity contribution is -0.118. The van der Waals surface area contributed by atoms with Crippen molar-refractivity contribution >= 4 is 23.2 Å². The highest BCUT2D eigenvalue weighted by molar-refractivity contribution is 6.06. The maximum Gasteiger partial charge on any atom is 0.262 e. The third-order valence-corrected chi connectivity index (χ3v) is 4.71. The van der Waals surface area contributed by atoms with E-state index in [0.717, 1.165) is 16.8 Å². The smallest absolute Gasteiger partial charge is 0.262 e. The number of para-hydroxylation sites is 1. The van der Waals surface area contributed by atoms with Crippen LogP contribution in [0.2, 0.25) is 0 Å². The standard InChI is InChI=1S/C24H24N2O4/c1-16-7-6-9-21(17(16)2)26-23(27)15-30-19-13-11-18(12-14-19)25-24(28)20-8-4-5-10-22(20)29-3/h4-14H,15H2,1-3H3,(H,25,28)(H,26,27). The molecule has 0 radical (unpaired) electrons. The quantitative estimate of drug-likeness (QED) is 0.604. The van der Waals surface area contributed by atoms with E-state index in [0.29, 0.717) is 22.7 Å². The summed E-state index contributed by atoms with van der Waals surface area (Å²) in [7, 11) is 1.52. The molecule has 6 nitrogen and oxygen atoms in total. The topological polar surface area (TPSA) is 76.7 Å². The van der Waals surface area contributed by atoms with Crippen molar-refractivity contribution in [3.8, 4) is 11.5 Å². The van der Waals surface area contributed by atoms with E-state index in [1.165, 1.54) is 7.11 Å². The molecule has 2 N–H and O–H groups in total. The molecule has 30 heavy (non-hydrogen) atoms. The van der Waals surface area contributed by atoms with Crippen LogP contribution in [0.5, 0.6) is 11.5 Å². The maximum absolute atomic E-state index is 12.4. The largest absolute Gasteiger partial charge is 0.496 e. The van der Waals surface area contributed by atoms with Crippen LogP contribution in [0, 0.1) is 13.8 Å². The zero-order valence-electron chi connectivity index (χ0n) is 17.2. The number of amides is 2. The number of aryl methyl sites for hydroxylation is 1. The second-order valence-electron chi connectivity index (χ2n) is 6.76. The highest BCUT2D eigenvalue weighted by Crippen LogP contribution is 2.21. The normalized spacial score (nSPS) is 10.2. The molecule has 0 aliphatic rings. The van der Waals surface area contributed by atoms with Gasteiger partial charge in [-0.2, -0.15) is 0 Å². The average Bonchev–Trinajstić information content (AvgIpc) is 2.76. The van der Waals surface area contributed by atoms with E-state index >= 15 is 0 Å². The Labute approximate surface area is 175 Å². The predicted octanol–water partition coefficient (Wildman–Crippen LogP) is 4.58. The van der Waals surface area contributed by atoms with E-state index in [4.69, 9.17) is 9.47 Å². The number of carbonyl (C=O) groups is 2. The highest BCUT2D eigenvalue weighted by Gasteiger charge is 2.12. The first-order valence-electron chi connectivity index (χ1n) is 9.51. The fraction of sp³-hybridized carbons (Fsp3) is 0.167. The summed E-state index contributed by atoms with van der Waals surface area (Å²) < 4.78 is 10.8. The van der Waals surface area contributed by atoms with Crippen molar-refractivity contribution < 1.29 is 19.1 Å². The average molecular weight is 404 g/mol. The molecular formula is C24H24N2O4. The Balaban J connectivity index is 1.55. The van der Waals surface area contributed by atoms with E-state index in [2.05, 4.69) is 10.6 Å². The molecule has 0 unspecified atom stereocenters. The van der Waals surface area contributed by atoms with Crippen LogP contribution in [0.15, 0.2) is 66.7 Å². The van der Waals surface area contributed by atoms with Crippen molar-refractivity contribution in [2.24, 2.45) is 0 Å². The van der Waals surface area contributed by atoms with Crippen LogP contribution in [-0.2, 0) is 4.79 Å². The minimum Gasteiger partial charge on any atom is -0.496 e. The Morgan fingerprint density at radius 3 is 2.33 bits per heavy atom. The SMILES string of the molecule is COc1ccccc1C(=O)Nc1ccc(OCC(=O)Nc2cccc(C)c2C)cc1. The second kappa shape index (κ2) is 9.60. The van der Waals surface area contributed by atoms with Gasteiger partial charge in [-0.3, -0.25) is 9.59 Å². The van der Waals surface area contributed by atoms with Gasteiger partial charge in [-0.25, -0.2) is 0 Å². The lowest BCUT2D eigenvalue weighted by Crippen LogP contribution is -2.20. The first kappa shape index (κ1) is 20.9. The number of carbonyl (C=O) groups excluding carboxylic acids is 2. The number of hydrogen-bond donors (Lipinski definition) is 2. The van der Waals surface area contributed by atoms with Crippen LogP contribution >= 0.6 is 0 Å². The Hall–Kier alpha value is -3.80. The van der Waals surface area contributed by atoms with Crippen LogP contribution in [0.25, 0.3) is 0 Å². The van der Waals surface area contributed by atoms with Gasteiger partial charge in [0.25, 0.3) is 11.8 Å². The second-order valence-corrected chi connectivity index (χ2v) is 6.76. The monoisotopic (exact) mass is 404 g/mol. The minimum atomic E-state index is -0.269. The Bertz CT molecular complexity index is 1050. The number of rotatable bonds is 7. The molecule has 0 aliphatic heterocycles. The maximum atomic E-state index is 12.4. The first-order chi connectivity index (χ1) is 14.5. The molecule has 6 heteroatoms. The van der Waals surface area contributed by atoms with Crippen LogP contribution < -0.4 is 20.1 Å². The number of nitrogens with one attached hydrogen (secondary N) is 2. The molecule has 0 aliphatic carbocycles. The molecular weight excluding hydrogens is 380 g/mol. The van der Waals surface area contributed by atoms with Gasteiger partial charge < -0.3 is 20.1 Å². The fourth-order valence-corrected chi connectivity index (χ4v) is 2.89. The third-order valence-electron chi connectivity index (χ3n) is 4.71. The summed E-state index contributed by atoms with van der Waals surface area (Å²) in [4.78, 5) is 24.6. The summed E-state index contributed by atoms with van der Waals surface area (Å²) in [6.07, 6.45) is 0. The predicted molar refractivity (Wildman–Crippen MR) is 117 cm³/mol. The van der Waals surface area contributed by atoms with E-state index in [1.54, 1.807) is 48.5 Å². The molecule has 0 atom stereocenters. The molecule has 0 saturated carbocycles. The molecule has 0 spiro atoms. The van der Waals surface area contributed by atoms with Crippen molar-refractivity contribution in [1.82, 2.24) is 0 Å². The fourth-order valence-electron chi connectivity index (χ4n) is 2.89. The van der Waals surface area contributed by atoms with Crippen LogP contribution in [0.1, 0.15) is 21.5 Å². The zero-order chi connectivity index (χ0) is 21.5. The third kappa shape index (κ3) is 5.17. The van der Waals surface area contributed by atoms with Crippen molar-refractivity contribution in [2.75, 3.05) is 24.4 Å². The van der Waals surface area contributed by atoms with E-state index < -0.39 is 0 Å². The van der Waals surface area contributed by atoms with Gasteiger partial charge in [0.15, 0.2) is 6.61 Å². The molecule has 3 rings (SSSR count). The summed E-state index contributed by atoms with van der Waals surface area (Å²) in [6, 6.07) is 19.6. The van der Waals surface area contributed by atoms with Gasteiger partial charge in [0.05, 0.1) is 12.7 Å². The summed E-state index contributed by atoms with van der Waals surface area (Å²) in [6.45, 7) is 3.85. The molecule has 2 amide bonds. The Kier molecular flexibility index (Phi) is 6.70. The summed E-state index contributed by atoms with van der Waals surface area (Å²) in [5, 5.41) is 5.67. The molecule has 3 aromatic carbocycles. The molecule has 154 valence electrons. The van der Waals surface area contributed by atoms with E-state index in [1.807, 2.05) is 32.0 Å². The molecule has 0 fully saturated rings. The lowest BCUT2D eigenvalue weighted by atomic mass is 10.1. The number of hydrogen-bond acceptors (Lipinski definition) is 4. The zero-order valence-corrected chi connectivity index (χ0v) is 17.2. The van der Waals surface area contributed by atoms with Gasteiger partial charge in [-0.05, 0) is 67.4 Å². The Morgan fingerprint density at radius 1 is 0.867 bits per heavy atom. The van der Waals surface area contributed by atoms with Gasteiger partial charge in [0.1, 0.15) is 11.5 Å². The molecule has 3 aromatic rings. The molecule has 0 saturated heterocycles. The molecule has 0 aromatic heterocycles. The van der Waals surface area contributed by atoms with Crippen LogP contribution in [-0.4, -0.2) is 25.5 Å². The van der Waals surface area contributed by atoms with Crippen molar-refractivity contribution in [3.05, 3.63) is 83.4 Å². The van der Waals surface area contributed by atoms with Crippen molar-refractivity contribution in [3.63, 3.8) is 0 Å². The number of benzene rings is 3. The number of anilines is 2. The van der Waals surface area contributed by atoms with Crippen LogP contribution in [0.4, 0.5) is 11.4 Å². The molecule has 0 bridgehead atoms. The minimum absolute atomic E-state index is 0.111. The van der Waals surface area contributed by atoms with Crippen molar-refractivity contribution in [2.45, 2.75) is 13.8 Å². The van der Waals surface area contributed by atoms with Gasteiger partial charge in [-0.15, -0.1) is 0 Å². The number of methoxy groups -OCH3 is 1. The van der Waals surface area contributed by atoms with Gasteiger partial charge in [0.2, 0.25) is 0 Å². The van der Waals surface area contributed by atoms with Gasteiger partial charge >= 0.3 is 0 Å². The van der Waals surface area contributed by atoms with E-state index in [9.17, 15) is 9.59 Å². The lowest BCUT2D eigenvalue weighted by Gasteiger charge is -2.12. The number of ether oxygens (including phenoxy) is 2. The van der Waals surface area contributed by atoms with Crippen LogP contribution in [0.3, 0.4) is 0 Å². The highest BCUT2D eigenvalue weighted by atomic mass is 16.5. The first-order valence-corrected chi connectivity index (χ1v) is 9.51. The Morgan fingerprint density at radius 2 is 1.60 bits per heavy atom. The molecule has 0 heterocycles. The van der Waals surface area contributed by atoms with Gasteiger partial charge in [0, 0.05) is 11.4 Å². The summed E-state index contributed by atoms with van der Waals surface area (Å²) in [5.41, 5.74) is 3.97. The van der Waals surface area contributed by atoms with Gasteiger partial charge in [-0.1, -0.05) is 24.3 Å². The summed E-state index contributed by atoms with van der Waals surface area (Å²) >= 11 is 0. The summed E-state index contributed by atoms with van der Waals surface area (Å²) in [5.74, 6) is 0.525.